The average molecular weight is 305 g/mol. The van der Waals surface area contributed by atoms with Gasteiger partial charge in [-0.2, -0.15) is 0 Å². The molecule has 3 aromatic rings. The Kier molecular flexibility index (Phi) is 3.97. The van der Waals surface area contributed by atoms with Gasteiger partial charge >= 0.3 is 0 Å². The van der Waals surface area contributed by atoms with Crippen LogP contribution in [0.3, 0.4) is 0 Å². The molecule has 0 unspecified atom stereocenters. The minimum atomic E-state index is -0.177. The summed E-state index contributed by atoms with van der Waals surface area (Å²) in [5, 5.41) is 3.69. The molecule has 3 N–H and O–H groups in total. The standard InChI is InChI=1S/C17H15N5O/c1-2-3-16(23)21-13-6-7-19-14(9-13)11-4-5-12-10-20-17(18)22-15(12)8-11/h2-10H,1H3,(H2,18,20,22)(H,19,21,23)/b3-2+. The van der Waals surface area contributed by atoms with Crippen molar-refractivity contribution in [2.45, 2.75) is 6.92 Å². The smallest absolute Gasteiger partial charge is 0.248 e. The first-order valence-corrected chi connectivity index (χ1v) is 7.08. The summed E-state index contributed by atoms with van der Waals surface area (Å²) in [6.07, 6.45) is 6.49. The molecule has 0 aliphatic heterocycles. The third-order valence-corrected chi connectivity index (χ3v) is 3.24. The highest BCUT2D eigenvalue weighted by atomic mass is 16.1. The first kappa shape index (κ1) is 14.6. The van der Waals surface area contributed by atoms with E-state index in [1.54, 1.807) is 31.5 Å². The molecular formula is C17H15N5O. The SMILES string of the molecule is C/C=C/C(=O)Nc1ccnc(-c2ccc3cnc(N)nc3c2)c1. The number of nitrogen functional groups attached to an aromatic ring is 1. The molecule has 1 amide bonds. The summed E-state index contributed by atoms with van der Waals surface area (Å²) in [6.45, 7) is 1.79. The van der Waals surface area contributed by atoms with E-state index >= 15 is 0 Å². The number of anilines is 2. The lowest BCUT2D eigenvalue weighted by molar-refractivity contribution is -0.111. The number of hydrogen-bond acceptors (Lipinski definition) is 5. The van der Waals surface area contributed by atoms with Crippen LogP contribution in [0.4, 0.5) is 11.6 Å². The molecule has 0 spiro atoms. The summed E-state index contributed by atoms with van der Waals surface area (Å²) >= 11 is 0. The highest BCUT2D eigenvalue weighted by Gasteiger charge is 2.05. The van der Waals surface area contributed by atoms with Crippen LogP contribution in [0.1, 0.15) is 6.92 Å². The normalized spacial score (nSPS) is 11.0. The third kappa shape index (κ3) is 3.32. The molecule has 23 heavy (non-hydrogen) atoms. The molecule has 0 fully saturated rings. The van der Waals surface area contributed by atoms with Crippen molar-refractivity contribution in [3.63, 3.8) is 0 Å². The number of nitrogens with two attached hydrogens (primary N) is 1. The number of pyridine rings is 1. The van der Waals surface area contributed by atoms with E-state index in [9.17, 15) is 4.79 Å². The van der Waals surface area contributed by atoms with Gasteiger partial charge in [-0.1, -0.05) is 18.2 Å². The van der Waals surface area contributed by atoms with Gasteiger partial charge in [0.15, 0.2) is 0 Å². The van der Waals surface area contributed by atoms with Crippen LogP contribution in [0.25, 0.3) is 22.2 Å². The zero-order valence-corrected chi connectivity index (χ0v) is 12.5. The number of amides is 1. The quantitative estimate of drug-likeness (QED) is 0.726. The van der Waals surface area contributed by atoms with E-state index in [1.807, 2.05) is 24.3 Å². The van der Waals surface area contributed by atoms with Crippen LogP contribution in [0.15, 0.2) is 54.9 Å². The van der Waals surface area contributed by atoms with Crippen LogP contribution in [-0.2, 0) is 4.79 Å². The van der Waals surface area contributed by atoms with E-state index in [4.69, 9.17) is 5.73 Å². The lowest BCUT2D eigenvalue weighted by Gasteiger charge is -2.06. The first-order chi connectivity index (χ1) is 11.2. The van der Waals surface area contributed by atoms with E-state index < -0.39 is 0 Å². The molecule has 0 atom stereocenters. The van der Waals surface area contributed by atoms with Gasteiger partial charge in [0.25, 0.3) is 0 Å². The molecule has 1 aromatic carbocycles. The van der Waals surface area contributed by atoms with Crippen molar-refractivity contribution in [2.75, 3.05) is 11.1 Å². The minimum absolute atomic E-state index is 0.177. The Morgan fingerprint density at radius 2 is 2.09 bits per heavy atom. The van der Waals surface area contributed by atoms with Crippen molar-refractivity contribution in [1.82, 2.24) is 15.0 Å². The maximum Gasteiger partial charge on any atom is 0.248 e. The summed E-state index contributed by atoms with van der Waals surface area (Å²) in [5.74, 6) is 0.0543. The molecule has 6 nitrogen and oxygen atoms in total. The Hall–Kier alpha value is -3.28. The van der Waals surface area contributed by atoms with Crippen LogP contribution in [0.5, 0.6) is 0 Å². The minimum Gasteiger partial charge on any atom is -0.368 e. The molecular weight excluding hydrogens is 290 g/mol. The summed E-state index contributed by atoms with van der Waals surface area (Å²) in [7, 11) is 0. The Morgan fingerprint density at radius 1 is 1.22 bits per heavy atom. The van der Waals surface area contributed by atoms with E-state index in [0.717, 1.165) is 22.2 Å². The number of hydrogen-bond donors (Lipinski definition) is 2. The van der Waals surface area contributed by atoms with Crippen LogP contribution in [0, 0.1) is 0 Å². The molecule has 0 aliphatic carbocycles. The number of allylic oxidation sites excluding steroid dienone is 1. The Labute approximate surface area is 133 Å². The highest BCUT2D eigenvalue weighted by Crippen LogP contribution is 2.24. The maximum atomic E-state index is 11.6. The predicted molar refractivity (Wildman–Crippen MR) is 90.6 cm³/mol. The van der Waals surface area contributed by atoms with Crippen molar-refractivity contribution in [1.29, 1.82) is 0 Å². The fourth-order valence-corrected chi connectivity index (χ4v) is 2.20. The van der Waals surface area contributed by atoms with Gasteiger partial charge in [0.2, 0.25) is 11.9 Å². The zero-order chi connectivity index (χ0) is 16.2. The van der Waals surface area contributed by atoms with Crippen LogP contribution in [-0.4, -0.2) is 20.9 Å². The number of nitrogens with one attached hydrogen (secondary N) is 1. The van der Waals surface area contributed by atoms with Crippen LogP contribution < -0.4 is 11.1 Å². The van der Waals surface area contributed by atoms with Gasteiger partial charge in [0.1, 0.15) is 0 Å². The second kappa shape index (κ2) is 6.23. The summed E-state index contributed by atoms with van der Waals surface area (Å²) in [6, 6.07) is 9.30. The number of aromatic nitrogens is 3. The van der Waals surface area contributed by atoms with Gasteiger partial charge in [-0.25, -0.2) is 9.97 Å². The zero-order valence-electron chi connectivity index (χ0n) is 12.5. The van der Waals surface area contributed by atoms with Gasteiger partial charge in [-0.15, -0.1) is 0 Å². The predicted octanol–water partition coefficient (Wildman–Crippen LogP) is 2.79. The van der Waals surface area contributed by atoms with E-state index in [1.165, 1.54) is 6.08 Å². The lowest BCUT2D eigenvalue weighted by Crippen LogP contribution is -2.07. The van der Waals surface area contributed by atoms with E-state index in [2.05, 4.69) is 20.3 Å². The Balaban J connectivity index is 1.96. The summed E-state index contributed by atoms with van der Waals surface area (Å²) in [5.41, 5.74) is 8.68. The fraction of sp³-hybridized carbons (Fsp3) is 0.0588. The summed E-state index contributed by atoms with van der Waals surface area (Å²) < 4.78 is 0. The van der Waals surface area contributed by atoms with E-state index in [0.29, 0.717) is 5.69 Å². The molecule has 0 saturated heterocycles. The van der Waals surface area contributed by atoms with Crippen molar-refractivity contribution in [2.24, 2.45) is 0 Å². The number of nitrogens with zero attached hydrogens (tertiary/aromatic N) is 3. The molecule has 0 saturated carbocycles. The third-order valence-electron chi connectivity index (χ3n) is 3.24. The van der Waals surface area contributed by atoms with Crippen molar-refractivity contribution in [3.8, 4) is 11.3 Å². The summed E-state index contributed by atoms with van der Waals surface area (Å²) in [4.78, 5) is 24.2. The molecule has 0 radical (unpaired) electrons. The number of rotatable bonds is 3. The average Bonchev–Trinajstić information content (AvgIpc) is 2.54. The number of carbonyl (C=O) groups is 1. The maximum absolute atomic E-state index is 11.6. The number of carbonyl (C=O) groups excluding carboxylic acids is 1. The fourth-order valence-electron chi connectivity index (χ4n) is 2.20. The number of benzene rings is 1. The van der Waals surface area contributed by atoms with Gasteiger partial charge in [-0.05, 0) is 31.2 Å². The molecule has 114 valence electrons. The lowest BCUT2D eigenvalue weighted by atomic mass is 10.1. The topological polar surface area (TPSA) is 93.8 Å². The second-order valence-corrected chi connectivity index (χ2v) is 4.92. The van der Waals surface area contributed by atoms with Gasteiger partial charge in [0, 0.05) is 29.0 Å². The largest absolute Gasteiger partial charge is 0.368 e. The monoisotopic (exact) mass is 305 g/mol. The highest BCUT2D eigenvalue weighted by molar-refractivity contribution is 5.99. The van der Waals surface area contributed by atoms with Crippen LogP contribution in [0.2, 0.25) is 0 Å². The second-order valence-electron chi connectivity index (χ2n) is 4.92. The van der Waals surface area contributed by atoms with Crippen LogP contribution >= 0.6 is 0 Å². The van der Waals surface area contributed by atoms with Crippen molar-refractivity contribution < 1.29 is 4.79 Å². The molecule has 2 heterocycles. The first-order valence-electron chi connectivity index (χ1n) is 7.08. The molecule has 6 heteroatoms. The van der Waals surface area contributed by atoms with E-state index in [-0.39, 0.29) is 11.9 Å². The molecule has 3 rings (SSSR count). The Morgan fingerprint density at radius 3 is 2.91 bits per heavy atom. The van der Waals surface area contributed by atoms with Crippen molar-refractivity contribution >= 4 is 28.4 Å². The van der Waals surface area contributed by atoms with Gasteiger partial charge in [-0.3, -0.25) is 9.78 Å². The van der Waals surface area contributed by atoms with Gasteiger partial charge < -0.3 is 11.1 Å². The molecule has 0 aliphatic rings. The van der Waals surface area contributed by atoms with Gasteiger partial charge in [0.05, 0.1) is 11.2 Å². The van der Waals surface area contributed by atoms with Crippen molar-refractivity contribution in [3.05, 3.63) is 54.9 Å². The molecule has 0 bridgehead atoms. The Bertz CT molecular complexity index is 904. The number of fused-ring (bicyclic) bond motifs is 1. The molecule has 2 aromatic heterocycles.